The molecule has 61 heavy (non-hydrogen) atoms. The van der Waals surface area contributed by atoms with Crippen LogP contribution in [0.25, 0.3) is 30.9 Å². The van der Waals surface area contributed by atoms with Crippen molar-refractivity contribution in [1.82, 2.24) is 9.97 Å². The molecule has 1 saturated heterocycles. The van der Waals surface area contributed by atoms with Crippen LogP contribution in [0.15, 0.2) is 112 Å². The number of thiophene rings is 2. The predicted molar refractivity (Wildman–Crippen MR) is 255 cm³/mol. The number of carbonyl (C=O) groups is 2. The second kappa shape index (κ2) is 19.2. The minimum absolute atomic E-state index is 0. The van der Waals surface area contributed by atoms with Gasteiger partial charge in [0, 0.05) is 4.88 Å². The fraction of sp³-hybridized carbons (Fsp3) is 0.200. The normalized spacial score (nSPS) is 13.8. The fourth-order valence-corrected chi connectivity index (χ4v) is 9.83. The number of hydrogen-bond acceptors (Lipinski definition) is 10. The molecule has 9 rings (SSSR count). The third-order valence-corrected chi connectivity index (χ3v) is 14.4. The molecule has 2 N–H and O–H groups in total. The number of rotatable bonds is 6. The Morgan fingerprint density at radius 3 is 1.69 bits per heavy atom. The summed E-state index contributed by atoms with van der Waals surface area (Å²) in [7, 11) is -0.309. The van der Waals surface area contributed by atoms with E-state index in [0.29, 0.717) is 9.75 Å². The van der Waals surface area contributed by atoms with Gasteiger partial charge in [-0.15, -0.1) is 45.3 Å². The van der Waals surface area contributed by atoms with Crippen LogP contribution in [0.5, 0.6) is 0 Å². The summed E-state index contributed by atoms with van der Waals surface area (Å²) < 4.78 is 42.4. The number of carbonyl (C=O) groups excluding carboxylic acids is 2. The van der Waals surface area contributed by atoms with Crippen LogP contribution in [-0.2, 0) is 9.31 Å². The Bertz CT molecular complexity index is 2820. The van der Waals surface area contributed by atoms with Gasteiger partial charge in [0.25, 0.3) is 11.8 Å². The van der Waals surface area contributed by atoms with Crippen LogP contribution in [0.1, 0.15) is 65.6 Å². The van der Waals surface area contributed by atoms with Gasteiger partial charge in [0.1, 0.15) is 11.6 Å². The second-order valence-corrected chi connectivity index (χ2v) is 20.1. The fourth-order valence-electron chi connectivity index (χ4n) is 6.05. The highest BCUT2D eigenvalue weighted by Crippen LogP contribution is 2.37. The SMILES string of the molecule is C.Cc1cc2scnc2cc1-c1ccc(C(=O)Nc2ccccc2F)s1.Cc1cc2scnc2cc1B1OC(C)(C)C(C)(C)O1.O=C(Nc1ccccc1F)c1ccc(Br)s1. The number of thiazole rings is 2. The first-order valence-corrected chi connectivity index (χ1v) is 22.8. The van der Waals surface area contributed by atoms with E-state index < -0.39 is 11.6 Å². The molecule has 0 spiro atoms. The Morgan fingerprint density at radius 1 is 0.672 bits per heavy atom. The van der Waals surface area contributed by atoms with Gasteiger partial charge in [-0.25, -0.2) is 18.7 Å². The summed E-state index contributed by atoms with van der Waals surface area (Å²) in [4.78, 5) is 34.9. The molecule has 0 atom stereocenters. The molecule has 5 heterocycles. The topological polar surface area (TPSA) is 102 Å². The van der Waals surface area contributed by atoms with Crippen molar-refractivity contribution in [3.8, 4) is 10.4 Å². The van der Waals surface area contributed by atoms with E-state index in [-0.39, 0.29) is 48.9 Å². The van der Waals surface area contributed by atoms with Crippen LogP contribution < -0.4 is 16.1 Å². The lowest BCUT2D eigenvalue weighted by molar-refractivity contribution is 0.00578. The highest BCUT2D eigenvalue weighted by Gasteiger charge is 2.52. The molecule has 16 heteroatoms. The van der Waals surface area contributed by atoms with Gasteiger partial charge in [-0.2, -0.15) is 0 Å². The molecule has 0 aliphatic carbocycles. The average molecular weight is 960 g/mol. The van der Waals surface area contributed by atoms with Crippen molar-refractivity contribution < 1.29 is 27.7 Å². The Hall–Kier alpha value is -4.68. The number of nitrogens with one attached hydrogen (secondary N) is 2. The number of fused-ring (bicyclic) bond motifs is 2. The van der Waals surface area contributed by atoms with Crippen LogP contribution in [0.2, 0.25) is 0 Å². The zero-order valence-electron chi connectivity index (χ0n) is 33.3. The molecule has 1 aliphatic heterocycles. The standard InChI is InChI=1S/C19H13FN2OS2.C14H18BNO2S.C11H7BrFNOS.CH4/c1-11-8-18-15(21-10-24-18)9-12(11)16-6-7-17(25-16)19(23)22-14-5-3-2-4-13(14)20;1-9-6-12-11(16-8-19-12)7-10(9)15-17-13(2,3)14(4,5)18-15;12-10-6-5-9(16-10)11(15)14-8-4-2-1-3-7(8)13;/h2-10H,1H3,(H,22,23);6-8H,1-5H3;1-6H,(H,14,15);1H4. The molecule has 8 nitrogen and oxygen atoms in total. The number of aryl methyl sites for hydroxylation is 2. The van der Waals surface area contributed by atoms with Crippen LogP contribution in [-0.4, -0.2) is 40.1 Å². The maximum absolute atomic E-state index is 13.7. The maximum atomic E-state index is 13.7. The second-order valence-electron chi connectivity index (χ2n) is 14.7. The number of para-hydroxylation sites is 2. The maximum Gasteiger partial charge on any atom is 0.495 e. The smallest absolute Gasteiger partial charge is 0.399 e. The molecule has 4 aromatic heterocycles. The number of aromatic nitrogens is 2. The highest BCUT2D eigenvalue weighted by atomic mass is 79.9. The van der Waals surface area contributed by atoms with E-state index >= 15 is 0 Å². The molecule has 0 bridgehead atoms. The molecule has 0 unspecified atom stereocenters. The average Bonchev–Trinajstić information content (AvgIpc) is 4.05. The molecule has 314 valence electrons. The van der Waals surface area contributed by atoms with E-state index in [4.69, 9.17) is 9.31 Å². The third-order valence-electron chi connectivity index (χ3n) is 10.0. The summed E-state index contributed by atoms with van der Waals surface area (Å²) in [5, 5.41) is 5.13. The largest absolute Gasteiger partial charge is 0.495 e. The van der Waals surface area contributed by atoms with Crippen molar-refractivity contribution >= 4 is 117 Å². The van der Waals surface area contributed by atoms with Gasteiger partial charge in [-0.05, 0) is 152 Å². The van der Waals surface area contributed by atoms with E-state index in [2.05, 4.69) is 89.3 Å². The van der Waals surface area contributed by atoms with E-state index in [1.165, 1.54) is 51.1 Å². The van der Waals surface area contributed by atoms with Gasteiger partial charge in [-0.1, -0.05) is 31.7 Å². The quantitative estimate of drug-likeness (QED) is 0.161. The number of halogens is 3. The number of anilines is 2. The third kappa shape index (κ3) is 10.5. The van der Waals surface area contributed by atoms with E-state index in [1.807, 2.05) is 30.1 Å². The lowest BCUT2D eigenvalue weighted by Gasteiger charge is -2.32. The first-order chi connectivity index (χ1) is 28.6. The lowest BCUT2D eigenvalue weighted by Crippen LogP contribution is -2.41. The number of amides is 2. The molecule has 4 aromatic carbocycles. The van der Waals surface area contributed by atoms with Gasteiger partial charge < -0.3 is 19.9 Å². The minimum atomic E-state index is -0.447. The molecule has 0 radical (unpaired) electrons. The van der Waals surface area contributed by atoms with Gasteiger partial charge in [0.2, 0.25) is 0 Å². The predicted octanol–water partition coefficient (Wildman–Crippen LogP) is 13.2. The summed E-state index contributed by atoms with van der Waals surface area (Å²) in [6.07, 6.45) is 0. The highest BCUT2D eigenvalue weighted by molar-refractivity contribution is 9.11. The van der Waals surface area contributed by atoms with Crippen LogP contribution in [0.3, 0.4) is 0 Å². The zero-order valence-corrected chi connectivity index (χ0v) is 38.1. The number of benzene rings is 4. The molecule has 0 saturated carbocycles. The van der Waals surface area contributed by atoms with Crippen molar-refractivity contribution in [2.24, 2.45) is 0 Å². The van der Waals surface area contributed by atoms with E-state index in [0.717, 1.165) is 41.0 Å². The summed E-state index contributed by atoms with van der Waals surface area (Å²) in [5.41, 5.74) is 9.91. The van der Waals surface area contributed by atoms with Gasteiger partial charge in [0.15, 0.2) is 0 Å². The zero-order chi connectivity index (χ0) is 42.8. The Labute approximate surface area is 378 Å². The van der Waals surface area contributed by atoms with Crippen molar-refractivity contribution in [3.63, 3.8) is 0 Å². The molecule has 1 fully saturated rings. The van der Waals surface area contributed by atoms with Gasteiger partial charge >= 0.3 is 7.12 Å². The Balaban J connectivity index is 0.000000156. The Morgan fingerprint density at radius 2 is 1.16 bits per heavy atom. The van der Waals surface area contributed by atoms with Crippen molar-refractivity contribution in [2.45, 2.75) is 60.2 Å². The monoisotopic (exact) mass is 958 g/mol. The summed E-state index contributed by atoms with van der Waals surface area (Å²) in [6.45, 7) is 12.4. The first kappa shape index (κ1) is 45.8. The molecule has 2 amide bonds. The summed E-state index contributed by atoms with van der Waals surface area (Å²) in [5.74, 6) is -1.50. The van der Waals surface area contributed by atoms with Gasteiger partial charge in [-0.3, -0.25) is 9.59 Å². The van der Waals surface area contributed by atoms with Crippen molar-refractivity contribution in [1.29, 1.82) is 0 Å². The molecular weight excluding hydrogens is 917 g/mol. The van der Waals surface area contributed by atoms with Crippen LogP contribution in [0, 0.1) is 25.5 Å². The molecule has 8 aromatic rings. The molecular formula is C45H42BBrF2N4O4S4. The van der Waals surface area contributed by atoms with Gasteiger partial charge in [0.05, 0.1) is 67.6 Å². The van der Waals surface area contributed by atoms with Crippen LogP contribution >= 0.6 is 61.3 Å². The summed E-state index contributed by atoms with van der Waals surface area (Å²) in [6, 6.07) is 27.8. The summed E-state index contributed by atoms with van der Waals surface area (Å²) >= 11 is 9.22. The van der Waals surface area contributed by atoms with E-state index in [1.54, 1.807) is 71.2 Å². The molecule has 1 aliphatic rings. The first-order valence-electron chi connectivity index (χ1n) is 18.6. The van der Waals surface area contributed by atoms with E-state index in [9.17, 15) is 18.4 Å². The Kier molecular flexibility index (Phi) is 14.4. The lowest BCUT2D eigenvalue weighted by atomic mass is 9.76. The minimum Gasteiger partial charge on any atom is -0.399 e. The van der Waals surface area contributed by atoms with Crippen LogP contribution in [0.4, 0.5) is 20.2 Å². The number of nitrogens with zero attached hydrogens (tertiary/aromatic N) is 2. The van der Waals surface area contributed by atoms with Crippen molar-refractivity contribution in [3.05, 3.63) is 144 Å². The van der Waals surface area contributed by atoms with Crippen molar-refractivity contribution in [2.75, 3.05) is 10.6 Å². The number of hydrogen-bond donors (Lipinski definition) is 2.